The van der Waals surface area contributed by atoms with Crippen molar-refractivity contribution in [3.05, 3.63) is 29.3 Å². The molecule has 0 heterocycles. The molecule has 5 nitrogen and oxygen atoms in total. The number of carbonyl (C=O) groups excluding carboxylic acids is 1. The summed E-state index contributed by atoms with van der Waals surface area (Å²) in [5.74, 6) is 1.44. The fourth-order valence-corrected chi connectivity index (χ4v) is 2.61. The highest BCUT2D eigenvalue weighted by Crippen LogP contribution is 2.19. The first-order chi connectivity index (χ1) is 10.8. The van der Waals surface area contributed by atoms with Gasteiger partial charge in [0.05, 0.1) is 6.54 Å². The van der Waals surface area contributed by atoms with Gasteiger partial charge in [-0.2, -0.15) is 0 Å². The zero-order chi connectivity index (χ0) is 17.3. The number of aliphatic imine (C=N–C) groups is 1. The van der Waals surface area contributed by atoms with Gasteiger partial charge in [-0.15, -0.1) is 35.7 Å². The van der Waals surface area contributed by atoms with Crippen molar-refractivity contribution in [2.75, 3.05) is 25.9 Å². The summed E-state index contributed by atoms with van der Waals surface area (Å²) in [5.41, 5.74) is -0.231. The topological polar surface area (TPSA) is 65.5 Å². The highest BCUT2D eigenvalue weighted by molar-refractivity contribution is 14.0. The van der Waals surface area contributed by atoms with Crippen molar-refractivity contribution >= 4 is 59.2 Å². The molecule has 0 aliphatic rings. The first-order valence-electron chi connectivity index (χ1n) is 7.44. The van der Waals surface area contributed by atoms with Gasteiger partial charge in [-0.1, -0.05) is 11.6 Å². The van der Waals surface area contributed by atoms with Gasteiger partial charge < -0.3 is 16.0 Å². The second-order valence-electron chi connectivity index (χ2n) is 5.95. The number of hydrogen-bond donors (Lipinski definition) is 3. The van der Waals surface area contributed by atoms with Gasteiger partial charge >= 0.3 is 0 Å². The van der Waals surface area contributed by atoms with Crippen LogP contribution in [0.1, 0.15) is 20.8 Å². The van der Waals surface area contributed by atoms with Crippen LogP contribution in [-0.2, 0) is 4.79 Å². The Bertz CT molecular complexity index is 532. The molecule has 0 aromatic heterocycles. The van der Waals surface area contributed by atoms with Crippen LogP contribution in [0.2, 0.25) is 5.02 Å². The molecule has 24 heavy (non-hydrogen) atoms. The van der Waals surface area contributed by atoms with Gasteiger partial charge in [0, 0.05) is 34.8 Å². The quantitative estimate of drug-likeness (QED) is 0.191. The molecular weight excluding hydrogens is 459 g/mol. The Kier molecular flexibility index (Phi) is 11.5. The zero-order valence-corrected chi connectivity index (χ0v) is 18.4. The molecule has 0 atom stereocenters. The third-order valence-electron chi connectivity index (χ3n) is 2.63. The minimum Gasteiger partial charge on any atom is -0.356 e. The number of amides is 1. The smallest absolute Gasteiger partial charge is 0.239 e. The number of thioether (sulfide) groups is 1. The Hall–Kier alpha value is -0.670. The number of halogens is 2. The molecule has 1 aromatic rings. The van der Waals surface area contributed by atoms with Crippen molar-refractivity contribution in [2.45, 2.75) is 31.2 Å². The van der Waals surface area contributed by atoms with Gasteiger partial charge in [0.1, 0.15) is 0 Å². The van der Waals surface area contributed by atoms with Crippen LogP contribution in [-0.4, -0.2) is 43.3 Å². The summed E-state index contributed by atoms with van der Waals surface area (Å²) >= 11 is 7.59. The average molecular weight is 485 g/mol. The average Bonchev–Trinajstić information content (AvgIpc) is 2.46. The summed E-state index contributed by atoms with van der Waals surface area (Å²) in [5, 5.41) is 9.81. The monoisotopic (exact) mass is 484 g/mol. The van der Waals surface area contributed by atoms with E-state index < -0.39 is 0 Å². The number of hydrogen-bond acceptors (Lipinski definition) is 3. The summed E-state index contributed by atoms with van der Waals surface area (Å²) in [6.45, 7) is 6.79. The summed E-state index contributed by atoms with van der Waals surface area (Å²) in [7, 11) is 1.68. The minimum atomic E-state index is -0.231. The first kappa shape index (κ1) is 23.3. The number of rotatable bonds is 6. The van der Waals surface area contributed by atoms with Gasteiger partial charge in [-0.25, -0.2) is 0 Å². The molecule has 0 aliphatic carbocycles. The summed E-state index contributed by atoms with van der Waals surface area (Å²) < 4.78 is 0. The van der Waals surface area contributed by atoms with E-state index in [0.29, 0.717) is 5.96 Å². The highest BCUT2D eigenvalue weighted by Gasteiger charge is 2.13. The predicted octanol–water partition coefficient (Wildman–Crippen LogP) is 3.13. The number of nitrogens with one attached hydrogen (secondary N) is 3. The number of guanidine groups is 1. The number of carbonyl (C=O) groups is 1. The van der Waals surface area contributed by atoms with E-state index in [1.807, 2.05) is 45.0 Å². The molecule has 0 radical (unpaired) electrons. The summed E-state index contributed by atoms with van der Waals surface area (Å²) in [6, 6.07) is 7.76. The number of benzene rings is 1. The maximum absolute atomic E-state index is 11.8. The third-order valence-corrected chi connectivity index (χ3v) is 3.90. The SMILES string of the molecule is CN=C(NCCSc1ccc(Cl)cc1)NCC(=O)NC(C)(C)C.I. The maximum Gasteiger partial charge on any atom is 0.239 e. The van der Waals surface area contributed by atoms with Gasteiger partial charge in [0.25, 0.3) is 0 Å². The van der Waals surface area contributed by atoms with Crippen LogP contribution in [0.5, 0.6) is 0 Å². The van der Waals surface area contributed by atoms with E-state index in [9.17, 15) is 4.79 Å². The van der Waals surface area contributed by atoms with Crippen LogP contribution in [0.3, 0.4) is 0 Å². The molecule has 0 unspecified atom stereocenters. The van der Waals surface area contributed by atoms with E-state index in [1.54, 1.807) is 18.8 Å². The van der Waals surface area contributed by atoms with Crippen LogP contribution in [0.4, 0.5) is 0 Å². The lowest BCUT2D eigenvalue weighted by molar-refractivity contribution is -0.121. The van der Waals surface area contributed by atoms with Crippen LogP contribution >= 0.6 is 47.3 Å². The Morgan fingerprint density at radius 1 is 1.21 bits per heavy atom. The maximum atomic E-state index is 11.8. The molecule has 0 bridgehead atoms. The predicted molar refractivity (Wildman–Crippen MR) is 115 cm³/mol. The third kappa shape index (κ3) is 11.0. The second kappa shape index (κ2) is 11.8. The minimum absolute atomic E-state index is 0. The lowest BCUT2D eigenvalue weighted by atomic mass is 10.1. The standard InChI is InChI=1S/C16H25ClN4OS.HI/c1-16(2,3)21-14(22)11-20-15(18-4)19-9-10-23-13-7-5-12(17)6-8-13;/h5-8H,9-11H2,1-4H3,(H,21,22)(H2,18,19,20);1H. The zero-order valence-electron chi connectivity index (χ0n) is 14.5. The lowest BCUT2D eigenvalue weighted by Crippen LogP contribution is -2.48. The molecule has 1 rings (SSSR count). The normalized spacial score (nSPS) is 11.5. The first-order valence-corrected chi connectivity index (χ1v) is 8.80. The fourth-order valence-electron chi connectivity index (χ4n) is 1.72. The molecule has 0 fully saturated rings. The molecule has 136 valence electrons. The van der Waals surface area contributed by atoms with Gasteiger partial charge in [-0.05, 0) is 45.0 Å². The molecule has 0 saturated heterocycles. The van der Waals surface area contributed by atoms with E-state index in [0.717, 1.165) is 17.3 Å². The van der Waals surface area contributed by atoms with Crippen molar-refractivity contribution in [3.63, 3.8) is 0 Å². The van der Waals surface area contributed by atoms with Crippen molar-refractivity contribution < 1.29 is 4.79 Å². The molecule has 1 amide bonds. The van der Waals surface area contributed by atoms with E-state index >= 15 is 0 Å². The molecule has 8 heteroatoms. The summed E-state index contributed by atoms with van der Waals surface area (Å²) in [6.07, 6.45) is 0. The second-order valence-corrected chi connectivity index (χ2v) is 7.56. The molecule has 0 aliphatic heterocycles. The van der Waals surface area contributed by atoms with Crippen LogP contribution < -0.4 is 16.0 Å². The Morgan fingerprint density at radius 2 is 1.83 bits per heavy atom. The van der Waals surface area contributed by atoms with Crippen LogP contribution in [0.25, 0.3) is 0 Å². The van der Waals surface area contributed by atoms with Crippen LogP contribution in [0, 0.1) is 0 Å². The summed E-state index contributed by atoms with van der Waals surface area (Å²) in [4.78, 5) is 17.0. The Morgan fingerprint density at radius 3 is 2.38 bits per heavy atom. The molecular formula is C16H26ClIN4OS. The van der Waals surface area contributed by atoms with Crippen molar-refractivity contribution in [3.8, 4) is 0 Å². The molecule has 3 N–H and O–H groups in total. The Balaban J connectivity index is 0.00000529. The fraction of sp³-hybridized carbons (Fsp3) is 0.500. The van der Waals surface area contributed by atoms with E-state index in [2.05, 4.69) is 20.9 Å². The van der Waals surface area contributed by atoms with E-state index in [4.69, 9.17) is 11.6 Å². The highest BCUT2D eigenvalue weighted by atomic mass is 127. The van der Waals surface area contributed by atoms with Crippen LogP contribution in [0.15, 0.2) is 34.2 Å². The molecule has 0 spiro atoms. The van der Waals surface area contributed by atoms with Crippen molar-refractivity contribution in [1.82, 2.24) is 16.0 Å². The van der Waals surface area contributed by atoms with Gasteiger partial charge in [0.15, 0.2) is 5.96 Å². The molecule has 1 aromatic carbocycles. The van der Waals surface area contributed by atoms with Gasteiger partial charge in [0.2, 0.25) is 5.91 Å². The van der Waals surface area contributed by atoms with Gasteiger partial charge in [-0.3, -0.25) is 9.79 Å². The molecule has 0 saturated carbocycles. The van der Waals surface area contributed by atoms with Crippen molar-refractivity contribution in [1.29, 1.82) is 0 Å². The lowest BCUT2D eigenvalue weighted by Gasteiger charge is -2.21. The number of nitrogens with zero attached hydrogens (tertiary/aromatic N) is 1. The largest absolute Gasteiger partial charge is 0.356 e. The van der Waals surface area contributed by atoms with Crippen molar-refractivity contribution in [2.24, 2.45) is 4.99 Å². The van der Waals surface area contributed by atoms with E-state index in [1.165, 1.54) is 4.90 Å². The van der Waals surface area contributed by atoms with E-state index in [-0.39, 0.29) is 42.0 Å². The Labute approximate surface area is 170 Å².